The van der Waals surface area contributed by atoms with Crippen molar-refractivity contribution < 1.29 is 14.2 Å². The Labute approximate surface area is 193 Å². The molecular formula is C27H23NO4P+. The number of nitro groups is 1. The zero-order valence-corrected chi connectivity index (χ0v) is 18.8. The number of carbonyl (C=O) groups excluding carboxylic acids is 1. The maximum Gasteiger partial charge on any atom is 0.352 e. The molecule has 0 aromatic heterocycles. The second-order valence-electron chi connectivity index (χ2n) is 7.50. The van der Waals surface area contributed by atoms with E-state index in [1.54, 1.807) is 12.1 Å². The SMILES string of the molecule is O=C(CCc1ccc([N+](=O)[O-])cc1)O[P+](c1ccccc1)(c1ccccc1)c1ccccc1. The Kier molecular flexibility index (Phi) is 6.92. The van der Waals surface area contributed by atoms with Gasteiger partial charge in [-0.25, -0.2) is 4.79 Å². The summed E-state index contributed by atoms with van der Waals surface area (Å²) < 4.78 is 6.44. The van der Waals surface area contributed by atoms with Crippen LogP contribution in [0.25, 0.3) is 0 Å². The summed E-state index contributed by atoms with van der Waals surface area (Å²) in [5.41, 5.74) is 0.879. The Balaban J connectivity index is 1.68. The second-order valence-corrected chi connectivity index (χ2v) is 10.5. The van der Waals surface area contributed by atoms with Crippen LogP contribution in [-0.2, 0) is 15.7 Å². The summed E-state index contributed by atoms with van der Waals surface area (Å²) in [5.74, 6) is -0.307. The Morgan fingerprint density at radius 2 is 1.12 bits per heavy atom. The van der Waals surface area contributed by atoms with Crippen LogP contribution in [0.4, 0.5) is 5.69 Å². The molecule has 4 aromatic carbocycles. The summed E-state index contributed by atoms with van der Waals surface area (Å²) in [6.07, 6.45) is 0.612. The number of nitrogens with zero attached hydrogens (tertiary/aromatic N) is 1. The van der Waals surface area contributed by atoms with Crippen LogP contribution in [-0.4, -0.2) is 10.9 Å². The molecule has 0 atom stereocenters. The van der Waals surface area contributed by atoms with E-state index >= 15 is 0 Å². The van der Waals surface area contributed by atoms with Gasteiger partial charge in [-0.1, -0.05) is 66.7 Å². The van der Waals surface area contributed by atoms with Gasteiger partial charge in [-0.3, -0.25) is 14.6 Å². The van der Waals surface area contributed by atoms with Gasteiger partial charge in [-0.05, 0) is 48.4 Å². The molecule has 164 valence electrons. The molecule has 5 nitrogen and oxygen atoms in total. The first-order valence-corrected chi connectivity index (χ1v) is 12.3. The number of rotatable bonds is 8. The van der Waals surface area contributed by atoms with E-state index in [-0.39, 0.29) is 18.1 Å². The number of hydrogen-bond acceptors (Lipinski definition) is 4. The lowest BCUT2D eigenvalue weighted by atomic mass is 10.1. The Morgan fingerprint density at radius 1 is 0.697 bits per heavy atom. The lowest BCUT2D eigenvalue weighted by Crippen LogP contribution is -2.34. The van der Waals surface area contributed by atoms with Crippen molar-refractivity contribution in [1.29, 1.82) is 0 Å². The van der Waals surface area contributed by atoms with Crippen LogP contribution in [0.3, 0.4) is 0 Å². The third kappa shape index (κ3) is 5.00. The topological polar surface area (TPSA) is 69.4 Å². The molecule has 0 N–H and O–H groups in total. The molecule has 0 heterocycles. The minimum Gasteiger partial charge on any atom is -0.297 e. The van der Waals surface area contributed by atoms with Crippen LogP contribution >= 0.6 is 7.49 Å². The molecule has 0 unspecified atom stereocenters. The van der Waals surface area contributed by atoms with Crippen LogP contribution in [0.15, 0.2) is 115 Å². The van der Waals surface area contributed by atoms with Gasteiger partial charge in [-0.15, -0.1) is 0 Å². The monoisotopic (exact) mass is 456 g/mol. The van der Waals surface area contributed by atoms with Gasteiger partial charge >= 0.3 is 5.97 Å². The van der Waals surface area contributed by atoms with Gasteiger partial charge in [0.05, 0.1) is 11.3 Å². The first-order chi connectivity index (χ1) is 16.1. The Morgan fingerprint density at radius 3 is 1.52 bits per heavy atom. The maximum absolute atomic E-state index is 13.2. The normalized spacial score (nSPS) is 11.0. The van der Waals surface area contributed by atoms with Crippen LogP contribution in [0.2, 0.25) is 0 Å². The van der Waals surface area contributed by atoms with E-state index in [2.05, 4.69) is 0 Å². The molecule has 0 saturated heterocycles. The van der Waals surface area contributed by atoms with Crippen molar-refractivity contribution >= 4 is 35.1 Å². The standard InChI is InChI=1S/C27H23NO4P/c29-27(21-18-22-16-19-23(20-17-22)28(30)31)32-33(24-10-4-1-5-11-24,25-12-6-2-7-13-25)26-14-8-3-9-15-26/h1-17,19-20H,18,21H2/q+1. The van der Waals surface area contributed by atoms with Crippen LogP contribution in [0.5, 0.6) is 0 Å². The molecule has 0 bridgehead atoms. The largest absolute Gasteiger partial charge is 0.352 e. The highest BCUT2D eigenvalue weighted by Crippen LogP contribution is 2.56. The average molecular weight is 456 g/mol. The van der Waals surface area contributed by atoms with Crippen molar-refractivity contribution in [3.63, 3.8) is 0 Å². The van der Waals surface area contributed by atoms with Crippen molar-refractivity contribution in [1.82, 2.24) is 0 Å². The minimum atomic E-state index is -2.69. The van der Waals surface area contributed by atoms with Gasteiger partial charge in [0.15, 0.2) is 0 Å². The van der Waals surface area contributed by atoms with Crippen LogP contribution < -0.4 is 15.9 Å². The molecule has 4 aromatic rings. The predicted octanol–water partition coefficient (Wildman–Crippen LogP) is 4.98. The molecule has 6 heteroatoms. The summed E-state index contributed by atoms with van der Waals surface area (Å²) in [5, 5.41) is 13.8. The molecule has 0 spiro atoms. The van der Waals surface area contributed by atoms with Crippen molar-refractivity contribution in [2.75, 3.05) is 0 Å². The van der Waals surface area contributed by atoms with E-state index in [1.165, 1.54) is 12.1 Å². The Bertz CT molecular complexity index is 1120. The third-order valence-electron chi connectivity index (χ3n) is 5.36. The molecule has 33 heavy (non-hydrogen) atoms. The number of nitro benzene ring substituents is 1. The van der Waals surface area contributed by atoms with Gasteiger partial charge < -0.3 is 0 Å². The van der Waals surface area contributed by atoms with E-state index in [1.807, 2.05) is 91.0 Å². The number of hydrogen-bond donors (Lipinski definition) is 0. The molecule has 0 amide bonds. The smallest absolute Gasteiger partial charge is 0.297 e. The van der Waals surface area contributed by atoms with Gasteiger partial charge in [-0.2, -0.15) is 0 Å². The molecule has 4 rings (SSSR count). The molecule has 0 radical (unpaired) electrons. The molecular weight excluding hydrogens is 433 g/mol. The first kappa shape index (κ1) is 22.4. The summed E-state index contributed by atoms with van der Waals surface area (Å²) >= 11 is 0. The van der Waals surface area contributed by atoms with E-state index in [0.29, 0.717) is 6.42 Å². The molecule has 0 aliphatic rings. The van der Waals surface area contributed by atoms with Crippen LogP contribution in [0.1, 0.15) is 12.0 Å². The predicted molar refractivity (Wildman–Crippen MR) is 133 cm³/mol. The fraction of sp³-hybridized carbons (Fsp3) is 0.0741. The lowest BCUT2D eigenvalue weighted by molar-refractivity contribution is -0.384. The van der Waals surface area contributed by atoms with Gasteiger partial charge in [0.1, 0.15) is 15.9 Å². The highest BCUT2D eigenvalue weighted by Gasteiger charge is 2.50. The molecule has 0 aliphatic heterocycles. The fourth-order valence-electron chi connectivity index (χ4n) is 3.75. The zero-order chi connectivity index (χ0) is 23.1. The van der Waals surface area contributed by atoms with Crippen molar-refractivity contribution in [2.45, 2.75) is 12.8 Å². The van der Waals surface area contributed by atoms with Crippen LogP contribution in [0, 0.1) is 10.1 Å². The molecule has 0 saturated carbocycles. The summed E-state index contributed by atoms with van der Waals surface area (Å²) in [7, 11) is -2.69. The quantitative estimate of drug-likeness (QED) is 0.213. The highest BCUT2D eigenvalue weighted by molar-refractivity contribution is 7.92. The lowest BCUT2D eigenvalue weighted by Gasteiger charge is -2.25. The number of carbonyl (C=O) groups is 1. The second kappa shape index (κ2) is 10.2. The van der Waals surface area contributed by atoms with Gasteiger partial charge in [0.25, 0.3) is 13.2 Å². The van der Waals surface area contributed by atoms with E-state index in [0.717, 1.165) is 21.5 Å². The van der Waals surface area contributed by atoms with Gasteiger partial charge in [0, 0.05) is 12.1 Å². The van der Waals surface area contributed by atoms with Crippen molar-refractivity contribution in [2.24, 2.45) is 0 Å². The first-order valence-electron chi connectivity index (χ1n) is 10.6. The summed E-state index contributed by atoms with van der Waals surface area (Å²) in [4.78, 5) is 23.7. The summed E-state index contributed by atoms with van der Waals surface area (Å²) in [6, 6.07) is 35.9. The third-order valence-corrected chi connectivity index (χ3v) is 8.92. The fourth-order valence-corrected chi connectivity index (χ4v) is 7.13. The number of aryl methyl sites for hydroxylation is 1. The molecule has 0 aliphatic carbocycles. The molecule has 0 fully saturated rings. The minimum absolute atomic E-state index is 0.0310. The van der Waals surface area contributed by atoms with Crippen molar-refractivity contribution in [3.05, 3.63) is 131 Å². The summed E-state index contributed by atoms with van der Waals surface area (Å²) in [6.45, 7) is 0. The highest BCUT2D eigenvalue weighted by atomic mass is 31.2. The van der Waals surface area contributed by atoms with Crippen molar-refractivity contribution in [3.8, 4) is 0 Å². The van der Waals surface area contributed by atoms with E-state index in [9.17, 15) is 14.9 Å². The van der Waals surface area contributed by atoms with Gasteiger partial charge in [0.2, 0.25) is 0 Å². The Hall–Kier alpha value is -3.82. The number of non-ortho nitro benzene ring substituents is 1. The number of benzene rings is 4. The maximum atomic E-state index is 13.2. The van der Waals surface area contributed by atoms with E-state index in [4.69, 9.17) is 4.52 Å². The zero-order valence-electron chi connectivity index (χ0n) is 17.9. The average Bonchev–Trinajstić information content (AvgIpc) is 2.88. The van der Waals surface area contributed by atoms with E-state index < -0.39 is 12.4 Å².